The number of β-amino-alcohol motifs (C(OH)–C–C–N with tert-alkyl or cyclic N) is 1. The molecule has 2 aliphatic heterocycles. The lowest BCUT2D eigenvalue weighted by molar-refractivity contribution is -0.136. The Morgan fingerprint density at radius 1 is 1.29 bits per heavy atom. The Morgan fingerprint density at radius 2 is 2.07 bits per heavy atom. The van der Waals surface area contributed by atoms with E-state index in [9.17, 15) is 15.2 Å². The van der Waals surface area contributed by atoms with Crippen LogP contribution in [0.3, 0.4) is 0 Å². The van der Waals surface area contributed by atoms with E-state index in [1.807, 2.05) is 36.3 Å². The van der Waals surface area contributed by atoms with Gasteiger partial charge in [-0.25, -0.2) is 4.68 Å². The normalized spacial score (nSPS) is 23.0. The van der Waals surface area contributed by atoms with Crippen molar-refractivity contribution in [2.24, 2.45) is 5.92 Å². The van der Waals surface area contributed by atoms with Crippen LogP contribution in [-0.4, -0.2) is 62.5 Å². The van der Waals surface area contributed by atoms with Crippen molar-refractivity contribution in [3.05, 3.63) is 36.4 Å². The van der Waals surface area contributed by atoms with Crippen molar-refractivity contribution >= 4 is 11.6 Å². The summed E-state index contributed by atoms with van der Waals surface area (Å²) in [7, 11) is 0. The Hall–Kier alpha value is -2.92. The molecule has 0 saturated carbocycles. The zero-order valence-electron chi connectivity index (χ0n) is 15.9. The van der Waals surface area contributed by atoms with Gasteiger partial charge in [0, 0.05) is 44.4 Å². The number of aryl methyl sites for hydroxylation is 1. The Bertz CT molecular complexity index is 896. The number of carbonyl (C=O) groups is 1. The third-order valence-corrected chi connectivity index (χ3v) is 5.63. The summed E-state index contributed by atoms with van der Waals surface area (Å²) in [5.74, 6) is -0.110. The molecule has 2 fully saturated rings. The fourth-order valence-electron chi connectivity index (χ4n) is 4.14. The summed E-state index contributed by atoms with van der Waals surface area (Å²) >= 11 is 0. The van der Waals surface area contributed by atoms with Gasteiger partial charge in [0.15, 0.2) is 0 Å². The molecular formula is C20H24N6O2. The van der Waals surface area contributed by atoms with E-state index in [-0.39, 0.29) is 18.4 Å². The number of rotatable bonds is 3. The van der Waals surface area contributed by atoms with Crippen molar-refractivity contribution in [3.8, 4) is 11.8 Å². The minimum atomic E-state index is -0.593. The molecule has 2 saturated heterocycles. The number of nitriles is 1. The molecule has 2 aromatic rings. The van der Waals surface area contributed by atoms with Crippen LogP contribution in [0.5, 0.6) is 0 Å². The van der Waals surface area contributed by atoms with Crippen molar-refractivity contribution in [2.75, 3.05) is 24.5 Å². The van der Waals surface area contributed by atoms with E-state index in [1.54, 1.807) is 11.1 Å². The van der Waals surface area contributed by atoms with Gasteiger partial charge >= 0.3 is 0 Å². The maximum absolute atomic E-state index is 12.9. The summed E-state index contributed by atoms with van der Waals surface area (Å²) in [6, 6.07) is 3.58. The number of nitrogens with zero attached hydrogens (tertiary/aromatic N) is 6. The van der Waals surface area contributed by atoms with Crippen molar-refractivity contribution in [2.45, 2.75) is 38.3 Å². The summed E-state index contributed by atoms with van der Waals surface area (Å²) in [5.41, 5.74) is 3.06. The largest absolute Gasteiger partial charge is 0.391 e. The number of aromatic nitrogens is 3. The number of likely N-dealkylation sites (tertiary alicyclic amines) is 1. The first-order chi connectivity index (χ1) is 13.6. The number of piperidine rings is 1. The minimum absolute atomic E-state index is 0.00291. The zero-order chi connectivity index (χ0) is 19.7. The lowest BCUT2D eigenvalue weighted by atomic mass is 9.94. The van der Waals surface area contributed by atoms with Gasteiger partial charge in [0.05, 0.1) is 35.9 Å². The van der Waals surface area contributed by atoms with E-state index >= 15 is 0 Å². The molecule has 4 heterocycles. The topological polar surface area (TPSA) is 98.3 Å². The molecule has 4 rings (SSSR count). The third kappa shape index (κ3) is 3.45. The Kier molecular flexibility index (Phi) is 5.01. The highest BCUT2D eigenvalue weighted by atomic mass is 16.3. The van der Waals surface area contributed by atoms with Crippen molar-refractivity contribution in [1.29, 1.82) is 5.26 Å². The van der Waals surface area contributed by atoms with Gasteiger partial charge in [-0.15, -0.1) is 0 Å². The fourth-order valence-corrected chi connectivity index (χ4v) is 4.14. The Balaban J connectivity index is 1.45. The molecule has 8 heteroatoms. The van der Waals surface area contributed by atoms with Crippen LogP contribution < -0.4 is 4.90 Å². The lowest BCUT2D eigenvalue weighted by Crippen LogP contribution is -2.44. The number of aliphatic hydroxyl groups excluding tert-OH is 1. The number of aliphatic hydroxyl groups is 1. The molecular weight excluding hydrogens is 356 g/mol. The van der Waals surface area contributed by atoms with E-state index in [1.165, 1.54) is 0 Å². The smallest absolute Gasteiger partial charge is 0.226 e. The highest BCUT2D eigenvalue weighted by Gasteiger charge is 2.38. The highest BCUT2D eigenvalue weighted by molar-refractivity contribution is 5.80. The Morgan fingerprint density at radius 3 is 2.75 bits per heavy atom. The molecule has 2 aromatic heterocycles. The molecule has 0 bridgehead atoms. The summed E-state index contributed by atoms with van der Waals surface area (Å²) in [6.07, 6.45) is 8.60. The van der Waals surface area contributed by atoms with Crippen LogP contribution in [-0.2, 0) is 4.79 Å². The maximum atomic E-state index is 12.9. The first-order valence-electron chi connectivity index (χ1n) is 9.65. The van der Waals surface area contributed by atoms with E-state index in [0.717, 1.165) is 42.9 Å². The van der Waals surface area contributed by atoms with E-state index in [2.05, 4.69) is 21.1 Å². The van der Waals surface area contributed by atoms with Gasteiger partial charge in [-0.3, -0.25) is 9.78 Å². The molecule has 0 aromatic carbocycles. The second-order valence-electron chi connectivity index (χ2n) is 7.61. The summed E-state index contributed by atoms with van der Waals surface area (Å²) in [5, 5.41) is 23.5. The first kappa shape index (κ1) is 18.4. The van der Waals surface area contributed by atoms with Crippen LogP contribution in [0.2, 0.25) is 0 Å². The molecule has 1 amide bonds. The van der Waals surface area contributed by atoms with E-state index in [0.29, 0.717) is 6.42 Å². The molecule has 2 atom stereocenters. The molecule has 28 heavy (non-hydrogen) atoms. The summed E-state index contributed by atoms with van der Waals surface area (Å²) < 4.78 is 1.85. The van der Waals surface area contributed by atoms with Gasteiger partial charge in [-0.1, -0.05) is 0 Å². The SMILES string of the molecule is Cc1cnn(-c2ccncc2N2CCC(C(=O)N3C[C@H](O)C[C@@H]3C#N)CC2)c1. The van der Waals surface area contributed by atoms with Gasteiger partial charge < -0.3 is 14.9 Å². The second kappa shape index (κ2) is 7.60. The average molecular weight is 380 g/mol. The number of hydrogen-bond donors (Lipinski definition) is 1. The van der Waals surface area contributed by atoms with Crippen LogP contribution in [0.25, 0.3) is 5.69 Å². The molecule has 0 radical (unpaired) electrons. The van der Waals surface area contributed by atoms with Crippen LogP contribution in [0.4, 0.5) is 5.69 Å². The van der Waals surface area contributed by atoms with E-state index in [4.69, 9.17) is 0 Å². The Labute approximate surface area is 164 Å². The maximum Gasteiger partial charge on any atom is 0.226 e. The van der Waals surface area contributed by atoms with E-state index < -0.39 is 12.1 Å². The average Bonchev–Trinajstić information content (AvgIpc) is 3.33. The van der Waals surface area contributed by atoms with Gasteiger partial charge in [0.1, 0.15) is 6.04 Å². The lowest BCUT2D eigenvalue weighted by Gasteiger charge is -2.35. The molecule has 0 unspecified atom stereocenters. The van der Waals surface area contributed by atoms with Crippen LogP contribution in [0.15, 0.2) is 30.9 Å². The molecule has 8 nitrogen and oxygen atoms in total. The number of hydrogen-bond acceptors (Lipinski definition) is 6. The monoisotopic (exact) mass is 380 g/mol. The second-order valence-corrected chi connectivity index (χ2v) is 7.61. The predicted molar refractivity (Wildman–Crippen MR) is 103 cm³/mol. The van der Waals surface area contributed by atoms with Gasteiger partial charge in [-0.05, 0) is 31.4 Å². The van der Waals surface area contributed by atoms with Crippen LogP contribution >= 0.6 is 0 Å². The third-order valence-electron chi connectivity index (χ3n) is 5.63. The summed E-state index contributed by atoms with van der Waals surface area (Å²) in [4.78, 5) is 20.9. The van der Waals surface area contributed by atoms with Crippen molar-refractivity contribution in [3.63, 3.8) is 0 Å². The highest BCUT2D eigenvalue weighted by Crippen LogP contribution is 2.30. The number of amides is 1. The molecule has 2 aliphatic rings. The van der Waals surface area contributed by atoms with Crippen LogP contribution in [0, 0.1) is 24.2 Å². The number of pyridine rings is 1. The minimum Gasteiger partial charge on any atom is -0.391 e. The number of carbonyl (C=O) groups excluding carboxylic acids is 1. The molecule has 0 aliphatic carbocycles. The quantitative estimate of drug-likeness (QED) is 0.861. The first-order valence-corrected chi connectivity index (χ1v) is 9.65. The van der Waals surface area contributed by atoms with Gasteiger partial charge in [0.2, 0.25) is 5.91 Å². The van der Waals surface area contributed by atoms with Crippen molar-refractivity contribution in [1.82, 2.24) is 19.7 Å². The molecule has 146 valence electrons. The summed E-state index contributed by atoms with van der Waals surface area (Å²) in [6.45, 7) is 3.75. The van der Waals surface area contributed by atoms with Gasteiger partial charge in [0.25, 0.3) is 0 Å². The van der Waals surface area contributed by atoms with Gasteiger partial charge in [-0.2, -0.15) is 10.4 Å². The molecule has 1 N–H and O–H groups in total. The standard InChI is InChI=1S/C20H24N6O2/c1-14-10-23-26(12-14)18-2-5-22-11-19(18)24-6-3-15(4-7-24)20(28)25-13-17(27)8-16(25)9-21/h2,5,10-12,15-17,27H,3-4,6-8,13H2,1H3/t16-,17-/m1/s1. The zero-order valence-corrected chi connectivity index (χ0v) is 15.9. The van der Waals surface area contributed by atoms with Crippen molar-refractivity contribution < 1.29 is 9.90 Å². The molecule has 0 spiro atoms. The number of anilines is 1. The predicted octanol–water partition coefficient (Wildman–Crippen LogP) is 1.28. The fraction of sp³-hybridized carbons (Fsp3) is 0.500. The van der Waals surface area contributed by atoms with Crippen LogP contribution in [0.1, 0.15) is 24.8 Å².